The van der Waals surface area contributed by atoms with Gasteiger partial charge in [-0.1, -0.05) is 24.3 Å². The molecule has 2 rings (SSSR count). The lowest BCUT2D eigenvalue weighted by Crippen LogP contribution is -2.41. The number of carbonyl (C=O) groups excluding carboxylic acids is 1. The van der Waals surface area contributed by atoms with Crippen molar-refractivity contribution in [2.24, 2.45) is 0 Å². The zero-order valence-electron chi connectivity index (χ0n) is 17.1. The average molecular weight is 420 g/mol. The van der Waals surface area contributed by atoms with Crippen molar-refractivity contribution in [2.75, 3.05) is 17.1 Å². The number of rotatable bonds is 7. The summed E-state index contributed by atoms with van der Waals surface area (Å²) >= 11 is 0. The smallest absolute Gasteiger partial charge is 0.274 e. The van der Waals surface area contributed by atoms with Gasteiger partial charge < -0.3 is 5.32 Å². The first-order valence-corrected chi connectivity index (χ1v) is 10.8. The Morgan fingerprint density at radius 2 is 1.83 bits per heavy atom. The molecule has 0 aromatic heterocycles. The molecule has 0 saturated heterocycles. The Labute approximate surface area is 170 Å². The van der Waals surface area contributed by atoms with Gasteiger partial charge in [0.1, 0.15) is 6.54 Å². The first-order chi connectivity index (χ1) is 13.4. The van der Waals surface area contributed by atoms with E-state index in [1.54, 1.807) is 0 Å². The molecule has 1 N–H and O–H groups in total. The van der Waals surface area contributed by atoms with Crippen molar-refractivity contribution in [3.8, 4) is 0 Å². The van der Waals surface area contributed by atoms with Crippen molar-refractivity contribution in [1.29, 1.82) is 0 Å². The number of carbonyl (C=O) groups is 1. The Bertz CT molecular complexity index is 1050. The fraction of sp³-hybridized carbons (Fsp3) is 0.350. The van der Waals surface area contributed by atoms with Gasteiger partial charge in [-0.3, -0.25) is 19.2 Å². The molecule has 0 unspecified atom stereocenters. The predicted molar refractivity (Wildman–Crippen MR) is 112 cm³/mol. The van der Waals surface area contributed by atoms with E-state index in [2.05, 4.69) is 5.32 Å². The number of nitrogens with zero attached hydrogens (tertiary/aromatic N) is 2. The number of nitrogens with one attached hydrogen (secondary N) is 1. The number of amides is 1. The second-order valence-electron chi connectivity index (χ2n) is 7.08. The van der Waals surface area contributed by atoms with Crippen LogP contribution < -0.4 is 9.62 Å². The van der Waals surface area contributed by atoms with Gasteiger partial charge in [0.25, 0.3) is 5.69 Å². The number of hydrogen-bond donors (Lipinski definition) is 1. The van der Waals surface area contributed by atoms with Crippen molar-refractivity contribution >= 4 is 27.3 Å². The maximum atomic E-state index is 12.6. The van der Waals surface area contributed by atoms with E-state index in [1.807, 2.05) is 39.0 Å². The van der Waals surface area contributed by atoms with E-state index >= 15 is 0 Å². The van der Waals surface area contributed by atoms with E-state index in [-0.39, 0.29) is 23.0 Å². The van der Waals surface area contributed by atoms with Crippen molar-refractivity contribution in [2.45, 2.75) is 33.7 Å². The molecule has 0 saturated carbocycles. The summed E-state index contributed by atoms with van der Waals surface area (Å²) in [4.78, 5) is 23.2. The van der Waals surface area contributed by atoms with Crippen LogP contribution in [0.2, 0.25) is 0 Å². The fourth-order valence-corrected chi connectivity index (χ4v) is 3.90. The van der Waals surface area contributed by atoms with Crippen LogP contribution in [-0.2, 0) is 14.8 Å². The maximum Gasteiger partial charge on any atom is 0.274 e. The molecule has 29 heavy (non-hydrogen) atoms. The molecule has 2 aromatic carbocycles. The molecule has 0 radical (unpaired) electrons. The van der Waals surface area contributed by atoms with Gasteiger partial charge in [0.2, 0.25) is 15.9 Å². The average Bonchev–Trinajstić information content (AvgIpc) is 2.61. The first kappa shape index (κ1) is 22.4. The molecule has 0 fully saturated rings. The van der Waals surface area contributed by atoms with Gasteiger partial charge in [-0.2, -0.15) is 0 Å². The summed E-state index contributed by atoms with van der Waals surface area (Å²) < 4.78 is 25.5. The predicted octanol–water partition coefficient (Wildman–Crippen LogP) is 3.16. The minimum absolute atomic E-state index is 0.107. The summed E-state index contributed by atoms with van der Waals surface area (Å²) in [6.07, 6.45) is 0.964. The van der Waals surface area contributed by atoms with E-state index in [4.69, 9.17) is 0 Å². The lowest BCUT2D eigenvalue weighted by Gasteiger charge is -2.24. The third kappa shape index (κ3) is 5.32. The minimum atomic E-state index is -3.84. The monoisotopic (exact) mass is 419 g/mol. The fourth-order valence-electron chi connectivity index (χ4n) is 3.00. The summed E-state index contributed by atoms with van der Waals surface area (Å²) in [7, 11) is -3.84. The molecule has 0 aliphatic rings. The molecule has 0 bridgehead atoms. The molecule has 0 aliphatic heterocycles. The molecular formula is C20H25N3O5S. The van der Waals surface area contributed by atoms with Crippen LogP contribution in [0.5, 0.6) is 0 Å². The second kappa shape index (κ2) is 8.60. The summed E-state index contributed by atoms with van der Waals surface area (Å²) in [5, 5.41) is 14.0. The maximum absolute atomic E-state index is 12.6. The zero-order chi connectivity index (χ0) is 21.9. The van der Waals surface area contributed by atoms with E-state index < -0.39 is 27.4 Å². The van der Waals surface area contributed by atoms with E-state index in [1.165, 1.54) is 25.1 Å². The van der Waals surface area contributed by atoms with Crippen molar-refractivity contribution in [3.05, 3.63) is 68.8 Å². The van der Waals surface area contributed by atoms with E-state index in [9.17, 15) is 23.3 Å². The highest BCUT2D eigenvalue weighted by atomic mass is 32.2. The molecule has 156 valence electrons. The summed E-state index contributed by atoms with van der Waals surface area (Å²) in [6, 6.07) is 9.65. The summed E-state index contributed by atoms with van der Waals surface area (Å²) in [6.45, 7) is 6.76. The quantitative estimate of drug-likeness (QED) is 0.548. The van der Waals surface area contributed by atoms with Crippen molar-refractivity contribution in [1.82, 2.24) is 5.32 Å². The molecule has 0 aliphatic carbocycles. The lowest BCUT2D eigenvalue weighted by molar-refractivity contribution is -0.385. The third-order valence-electron chi connectivity index (χ3n) is 4.84. The van der Waals surface area contributed by atoms with Crippen molar-refractivity contribution in [3.63, 3.8) is 0 Å². The van der Waals surface area contributed by atoms with E-state index in [0.29, 0.717) is 0 Å². The molecule has 2 aromatic rings. The lowest BCUT2D eigenvalue weighted by atomic mass is 10.0. The highest BCUT2D eigenvalue weighted by Gasteiger charge is 2.26. The first-order valence-electron chi connectivity index (χ1n) is 9.00. The van der Waals surface area contributed by atoms with Crippen LogP contribution in [0.1, 0.15) is 35.2 Å². The molecule has 8 nitrogen and oxygen atoms in total. The van der Waals surface area contributed by atoms with Gasteiger partial charge in [0.05, 0.1) is 28.5 Å². The standard InChI is InChI=1S/C20H25N3O5S/c1-13-9-10-17(11-14(13)2)16(4)21-20(24)12-22(29(5,27)28)18-7-6-8-19(15(18)3)23(25)26/h6-11,16H,12H2,1-5H3,(H,21,24)/t16-/m1/s1. The zero-order valence-corrected chi connectivity index (χ0v) is 17.9. The Morgan fingerprint density at radius 3 is 2.38 bits per heavy atom. The molecule has 9 heteroatoms. The molecule has 1 atom stereocenters. The van der Waals surface area contributed by atoms with Crippen LogP contribution in [0.4, 0.5) is 11.4 Å². The van der Waals surface area contributed by atoms with Gasteiger partial charge in [0.15, 0.2) is 0 Å². The Balaban J connectivity index is 2.27. The molecule has 1 amide bonds. The number of nitro benzene ring substituents is 1. The van der Waals surface area contributed by atoms with Crippen molar-refractivity contribution < 1.29 is 18.1 Å². The molecular weight excluding hydrogens is 394 g/mol. The number of sulfonamides is 1. The number of nitro groups is 1. The third-order valence-corrected chi connectivity index (χ3v) is 5.96. The number of benzene rings is 2. The topological polar surface area (TPSA) is 110 Å². The Hall–Kier alpha value is -2.94. The summed E-state index contributed by atoms with van der Waals surface area (Å²) in [5.41, 5.74) is 3.21. The highest BCUT2D eigenvalue weighted by Crippen LogP contribution is 2.29. The number of hydrogen-bond acceptors (Lipinski definition) is 5. The van der Waals surface area contributed by atoms with Gasteiger partial charge in [0, 0.05) is 6.07 Å². The number of anilines is 1. The van der Waals surface area contributed by atoms with Crippen LogP contribution >= 0.6 is 0 Å². The normalized spacial score (nSPS) is 12.3. The van der Waals surface area contributed by atoms with Crippen LogP contribution in [0, 0.1) is 30.9 Å². The Kier molecular flexibility index (Phi) is 6.63. The van der Waals surface area contributed by atoms with Gasteiger partial charge in [-0.05, 0) is 50.5 Å². The number of aryl methyl sites for hydroxylation is 2. The van der Waals surface area contributed by atoms with Crippen LogP contribution in [0.25, 0.3) is 0 Å². The van der Waals surface area contributed by atoms with Crippen LogP contribution in [0.15, 0.2) is 36.4 Å². The summed E-state index contributed by atoms with van der Waals surface area (Å²) in [5.74, 6) is -0.507. The van der Waals surface area contributed by atoms with Gasteiger partial charge in [-0.25, -0.2) is 8.42 Å². The van der Waals surface area contributed by atoms with Gasteiger partial charge >= 0.3 is 0 Å². The molecule has 0 spiro atoms. The Morgan fingerprint density at radius 1 is 1.17 bits per heavy atom. The SMILES string of the molecule is Cc1ccc([C@@H](C)NC(=O)CN(c2cccc([N+](=O)[O-])c2C)S(C)(=O)=O)cc1C. The second-order valence-corrected chi connectivity index (χ2v) is 8.99. The molecule has 0 heterocycles. The van der Waals surface area contributed by atoms with Crippen LogP contribution in [-0.4, -0.2) is 32.0 Å². The van der Waals surface area contributed by atoms with E-state index in [0.717, 1.165) is 27.3 Å². The highest BCUT2D eigenvalue weighted by molar-refractivity contribution is 7.92. The minimum Gasteiger partial charge on any atom is -0.348 e. The van der Waals surface area contributed by atoms with Gasteiger partial charge in [-0.15, -0.1) is 0 Å². The largest absolute Gasteiger partial charge is 0.348 e. The van der Waals surface area contributed by atoms with Crippen LogP contribution in [0.3, 0.4) is 0 Å².